The maximum atomic E-state index is 13.3. The second-order valence-corrected chi connectivity index (χ2v) is 9.88. The molecule has 0 aliphatic carbocycles. The fourth-order valence-electron chi connectivity index (χ4n) is 4.40. The first kappa shape index (κ1) is 22.0. The zero-order valence-corrected chi connectivity index (χ0v) is 19.0. The monoisotopic (exact) mass is 453 g/mol. The minimum Gasteiger partial charge on any atom is -0.311 e. The van der Waals surface area contributed by atoms with Gasteiger partial charge < -0.3 is 4.98 Å². The number of rotatable bonds is 5. The van der Waals surface area contributed by atoms with Crippen LogP contribution >= 0.6 is 0 Å². The second-order valence-electron chi connectivity index (χ2n) is 8.23. The first-order chi connectivity index (χ1) is 15.2. The van der Waals surface area contributed by atoms with Crippen LogP contribution in [0.4, 0.5) is 0 Å². The predicted molar refractivity (Wildman–Crippen MR) is 124 cm³/mol. The van der Waals surface area contributed by atoms with Gasteiger partial charge >= 0.3 is 0 Å². The molecule has 7 nitrogen and oxygen atoms in total. The third kappa shape index (κ3) is 4.24. The number of hydrogen-bond acceptors (Lipinski definition) is 5. The first-order valence-corrected chi connectivity index (χ1v) is 11.8. The number of sulfonamides is 1. The van der Waals surface area contributed by atoms with Crippen molar-refractivity contribution in [2.75, 3.05) is 0 Å². The van der Waals surface area contributed by atoms with Crippen LogP contribution in [0.25, 0.3) is 0 Å². The number of carbonyl (C=O) groups excluding carboxylic acids is 1. The summed E-state index contributed by atoms with van der Waals surface area (Å²) in [5, 5.41) is -0.346. The molecule has 0 radical (unpaired) electrons. The number of nitrogens with zero attached hydrogens (tertiary/aromatic N) is 1. The van der Waals surface area contributed by atoms with Gasteiger partial charge in [-0.25, -0.2) is 4.72 Å². The number of fused-ring (bicyclic) bond motifs is 1. The third-order valence-electron chi connectivity index (χ3n) is 5.80. The van der Waals surface area contributed by atoms with E-state index in [1.165, 1.54) is 23.8 Å². The van der Waals surface area contributed by atoms with Crippen LogP contribution in [0.2, 0.25) is 0 Å². The highest BCUT2D eigenvalue weighted by molar-refractivity contribution is 7.90. The number of H-pyrrole nitrogens is 1. The number of hydrogen-bond donors (Lipinski definition) is 2. The average molecular weight is 454 g/mol. The molecule has 0 spiro atoms. The van der Waals surface area contributed by atoms with Gasteiger partial charge in [0.2, 0.25) is 5.56 Å². The van der Waals surface area contributed by atoms with Gasteiger partial charge in [0.05, 0.1) is 0 Å². The molecule has 0 fully saturated rings. The van der Waals surface area contributed by atoms with Gasteiger partial charge in [-0.2, -0.15) is 8.42 Å². The van der Waals surface area contributed by atoms with Crippen LogP contribution in [0, 0.1) is 20.8 Å². The molecule has 1 unspecified atom stereocenters. The zero-order chi connectivity index (χ0) is 23.0. The number of amides is 1. The number of nitrogens with one attached hydrogen (secondary N) is 2. The number of aromatic amines is 1. The molecule has 3 aromatic rings. The van der Waals surface area contributed by atoms with Crippen molar-refractivity contribution in [3.8, 4) is 0 Å². The van der Waals surface area contributed by atoms with Crippen LogP contribution in [0.3, 0.4) is 0 Å². The van der Waals surface area contributed by atoms with Crippen molar-refractivity contribution in [1.29, 1.82) is 0 Å². The summed E-state index contributed by atoms with van der Waals surface area (Å²) in [5.74, 6) is -0.651. The molecule has 4 rings (SSSR count). The SMILES string of the molecule is Cc1cc(C)c(CN2Cc3ccccc3C2C(=O)NS(=O)(=O)c2cccc(=O)[nH]2)c(C)c1.[HH]. The predicted octanol–water partition coefficient (Wildman–Crippen LogP) is 3.11. The first-order valence-electron chi connectivity index (χ1n) is 10.3. The molecule has 0 bridgehead atoms. The summed E-state index contributed by atoms with van der Waals surface area (Å²) < 4.78 is 27.7. The summed E-state index contributed by atoms with van der Waals surface area (Å²) in [5.41, 5.74) is 5.77. The van der Waals surface area contributed by atoms with Gasteiger partial charge in [0.15, 0.2) is 5.03 Å². The van der Waals surface area contributed by atoms with Crippen LogP contribution in [-0.2, 0) is 27.9 Å². The van der Waals surface area contributed by atoms with E-state index in [-0.39, 0.29) is 6.45 Å². The summed E-state index contributed by atoms with van der Waals surface area (Å²) in [6.45, 7) is 7.17. The Bertz CT molecular complexity index is 1340. The molecule has 1 aliphatic rings. The standard InChI is InChI=1S/C24H25N3O4S.H2/c1-15-11-16(2)20(17(3)12-15)14-27-13-18-7-4-5-8-19(18)23(27)24(29)26-32(30,31)22-10-6-9-21(28)25-22;/h4-12,23H,13-14H2,1-3H3,(H,25,28)(H,26,29);1H. The topological polar surface area (TPSA) is 99.3 Å². The van der Waals surface area contributed by atoms with Crippen molar-refractivity contribution in [2.24, 2.45) is 0 Å². The molecule has 1 aromatic heterocycles. The van der Waals surface area contributed by atoms with Crippen LogP contribution in [0.5, 0.6) is 0 Å². The number of pyridine rings is 1. The molecule has 0 saturated heterocycles. The lowest BCUT2D eigenvalue weighted by molar-refractivity contribution is -0.124. The van der Waals surface area contributed by atoms with Crippen molar-refractivity contribution in [2.45, 2.75) is 44.9 Å². The van der Waals surface area contributed by atoms with Crippen LogP contribution in [0.1, 0.15) is 40.8 Å². The van der Waals surface area contributed by atoms with E-state index < -0.39 is 27.5 Å². The molecular weight excluding hydrogens is 426 g/mol. The minimum absolute atomic E-state index is 0. The number of carbonyl (C=O) groups is 1. The van der Waals surface area contributed by atoms with E-state index in [2.05, 4.69) is 21.8 Å². The molecule has 168 valence electrons. The van der Waals surface area contributed by atoms with Gasteiger partial charge in [0.1, 0.15) is 6.04 Å². The zero-order valence-electron chi connectivity index (χ0n) is 18.2. The summed E-state index contributed by atoms with van der Waals surface area (Å²) in [7, 11) is -4.22. The summed E-state index contributed by atoms with van der Waals surface area (Å²) >= 11 is 0. The molecule has 0 saturated carbocycles. The molecule has 2 aromatic carbocycles. The van der Waals surface area contributed by atoms with Gasteiger partial charge in [-0.05, 0) is 54.7 Å². The maximum absolute atomic E-state index is 13.3. The van der Waals surface area contributed by atoms with Crippen molar-refractivity contribution in [3.05, 3.63) is 98.3 Å². The highest BCUT2D eigenvalue weighted by Crippen LogP contribution is 2.36. The molecule has 2 heterocycles. The van der Waals surface area contributed by atoms with Crippen molar-refractivity contribution >= 4 is 15.9 Å². The quantitative estimate of drug-likeness (QED) is 0.618. The number of aromatic nitrogens is 1. The normalized spacial score (nSPS) is 16.0. The van der Waals surface area contributed by atoms with Crippen molar-refractivity contribution in [3.63, 3.8) is 0 Å². The van der Waals surface area contributed by atoms with Gasteiger partial charge in [-0.3, -0.25) is 14.5 Å². The molecule has 1 aliphatic heterocycles. The Balaban J connectivity index is 0.00000306. The largest absolute Gasteiger partial charge is 0.311 e. The Hall–Kier alpha value is -3.23. The Morgan fingerprint density at radius 3 is 2.47 bits per heavy atom. The van der Waals surface area contributed by atoms with Gasteiger partial charge in [-0.15, -0.1) is 0 Å². The number of benzene rings is 2. The van der Waals surface area contributed by atoms with E-state index >= 15 is 0 Å². The number of aryl methyl sites for hydroxylation is 3. The van der Waals surface area contributed by atoms with E-state index in [0.29, 0.717) is 13.1 Å². The summed E-state index contributed by atoms with van der Waals surface area (Å²) in [6.07, 6.45) is 0. The van der Waals surface area contributed by atoms with Crippen LogP contribution in [-0.4, -0.2) is 24.2 Å². The molecule has 2 N–H and O–H groups in total. The van der Waals surface area contributed by atoms with Gasteiger partial charge in [0, 0.05) is 20.6 Å². The summed E-state index contributed by atoms with van der Waals surface area (Å²) in [4.78, 5) is 29.1. The maximum Gasteiger partial charge on any atom is 0.279 e. The van der Waals surface area contributed by atoms with Crippen LogP contribution in [0.15, 0.2) is 64.4 Å². The molecule has 32 heavy (non-hydrogen) atoms. The highest BCUT2D eigenvalue weighted by atomic mass is 32.2. The third-order valence-corrected chi connectivity index (χ3v) is 7.09. The van der Waals surface area contributed by atoms with E-state index in [9.17, 15) is 18.0 Å². The fourth-order valence-corrected chi connectivity index (χ4v) is 5.38. The minimum atomic E-state index is -4.22. The fraction of sp³-hybridized carbons (Fsp3) is 0.250. The van der Waals surface area contributed by atoms with Gasteiger partial charge in [-0.1, -0.05) is 48.0 Å². The molecule has 1 amide bonds. The van der Waals surface area contributed by atoms with Crippen LogP contribution < -0.4 is 10.3 Å². The highest BCUT2D eigenvalue weighted by Gasteiger charge is 2.37. The Morgan fingerprint density at radius 1 is 1.09 bits per heavy atom. The van der Waals surface area contributed by atoms with E-state index in [1.54, 1.807) is 0 Å². The lowest BCUT2D eigenvalue weighted by Crippen LogP contribution is -2.40. The molecular formula is C24H27N3O4S. The summed E-state index contributed by atoms with van der Waals surface area (Å²) in [6, 6.07) is 14.8. The van der Waals surface area contributed by atoms with Gasteiger partial charge in [0.25, 0.3) is 15.9 Å². The lowest BCUT2D eigenvalue weighted by Gasteiger charge is -2.26. The van der Waals surface area contributed by atoms with Crippen molar-refractivity contribution < 1.29 is 14.6 Å². The Labute approximate surface area is 188 Å². The lowest BCUT2D eigenvalue weighted by atomic mass is 9.99. The second kappa shape index (κ2) is 8.37. The van der Waals surface area contributed by atoms with E-state index in [4.69, 9.17) is 0 Å². The van der Waals surface area contributed by atoms with Crippen molar-refractivity contribution in [1.82, 2.24) is 14.6 Å². The van der Waals surface area contributed by atoms with E-state index in [1.807, 2.05) is 49.9 Å². The van der Waals surface area contributed by atoms with E-state index in [0.717, 1.165) is 27.8 Å². The Morgan fingerprint density at radius 2 is 1.78 bits per heavy atom. The average Bonchev–Trinajstić information content (AvgIpc) is 3.08. The molecule has 8 heteroatoms. The molecule has 1 atom stereocenters. The smallest absolute Gasteiger partial charge is 0.279 e. The Kier molecular flexibility index (Phi) is 5.75.